The number of unbranched alkanes of at least 4 members (excludes halogenated alkanes) is 1. The van der Waals surface area contributed by atoms with Crippen molar-refractivity contribution in [3.05, 3.63) is 65.4 Å². The third kappa shape index (κ3) is 3.29. The Bertz CT molecular complexity index is 1270. The van der Waals surface area contributed by atoms with Crippen LogP contribution in [-0.4, -0.2) is 41.0 Å². The van der Waals surface area contributed by atoms with Crippen molar-refractivity contribution < 1.29 is 9.59 Å². The quantitative estimate of drug-likeness (QED) is 0.532. The zero-order valence-electron chi connectivity index (χ0n) is 20.5. The topological polar surface area (TPSA) is 68.4 Å². The zero-order valence-corrected chi connectivity index (χ0v) is 20.5. The average molecular weight is 471 g/mol. The second-order valence-electron chi connectivity index (χ2n) is 10.2. The number of aromatic nitrogens is 1. The molecule has 2 aromatic carbocycles. The van der Waals surface area contributed by atoms with E-state index in [1.54, 1.807) is 0 Å². The second-order valence-corrected chi connectivity index (χ2v) is 10.2. The lowest BCUT2D eigenvalue weighted by Crippen LogP contribution is -2.62. The number of urea groups is 1. The Hall–Kier alpha value is -3.28. The minimum atomic E-state index is -1.17. The van der Waals surface area contributed by atoms with Gasteiger partial charge in [0.05, 0.1) is 11.4 Å². The lowest BCUT2D eigenvalue weighted by molar-refractivity contribution is -0.126. The SMILES string of the molecule is CCCCN1C(=O)C2(c3ccccc31)c1[nH]c3ccccc3c1CCN2C(=O)NC1CCCCC1. The third-order valence-electron chi connectivity index (χ3n) is 8.22. The highest BCUT2D eigenvalue weighted by atomic mass is 16.2. The van der Waals surface area contributed by atoms with Crippen molar-refractivity contribution in [3.63, 3.8) is 0 Å². The Kier molecular flexibility index (Phi) is 5.54. The molecule has 1 saturated carbocycles. The smallest absolute Gasteiger partial charge is 0.319 e. The van der Waals surface area contributed by atoms with E-state index in [2.05, 4.69) is 29.4 Å². The number of carbonyl (C=O) groups is 2. The molecule has 1 fully saturated rings. The molecule has 0 bridgehead atoms. The van der Waals surface area contributed by atoms with E-state index in [1.807, 2.05) is 46.2 Å². The summed E-state index contributed by atoms with van der Waals surface area (Å²) in [6, 6.07) is 16.4. The number of H-pyrrole nitrogens is 1. The number of nitrogens with one attached hydrogen (secondary N) is 2. The highest BCUT2D eigenvalue weighted by Gasteiger charge is 2.60. The van der Waals surface area contributed by atoms with E-state index in [-0.39, 0.29) is 18.0 Å². The summed E-state index contributed by atoms with van der Waals surface area (Å²) in [6.45, 7) is 3.30. The Balaban J connectivity index is 1.53. The van der Waals surface area contributed by atoms with Crippen molar-refractivity contribution >= 4 is 28.5 Å². The molecule has 6 heteroatoms. The van der Waals surface area contributed by atoms with Gasteiger partial charge in [-0.2, -0.15) is 0 Å². The Morgan fingerprint density at radius 3 is 2.69 bits per heavy atom. The van der Waals surface area contributed by atoms with Crippen LogP contribution in [0.25, 0.3) is 10.9 Å². The van der Waals surface area contributed by atoms with Crippen LogP contribution in [0.3, 0.4) is 0 Å². The van der Waals surface area contributed by atoms with E-state index >= 15 is 0 Å². The first-order valence-corrected chi connectivity index (χ1v) is 13.3. The van der Waals surface area contributed by atoms with Gasteiger partial charge in [-0.1, -0.05) is 69.0 Å². The highest BCUT2D eigenvalue weighted by Crippen LogP contribution is 2.52. The van der Waals surface area contributed by atoms with Crippen molar-refractivity contribution in [1.29, 1.82) is 0 Å². The number of amides is 3. The number of anilines is 1. The molecular formula is C29H34N4O2. The third-order valence-corrected chi connectivity index (χ3v) is 8.22. The molecule has 0 saturated heterocycles. The summed E-state index contributed by atoms with van der Waals surface area (Å²) >= 11 is 0. The van der Waals surface area contributed by atoms with Gasteiger partial charge in [0.2, 0.25) is 0 Å². The van der Waals surface area contributed by atoms with Crippen LogP contribution < -0.4 is 10.2 Å². The molecule has 182 valence electrons. The molecule has 1 aromatic heterocycles. The summed E-state index contributed by atoms with van der Waals surface area (Å²) in [6.07, 6.45) is 8.20. The summed E-state index contributed by atoms with van der Waals surface area (Å²) in [5.74, 6) is -0.0153. The fraction of sp³-hybridized carbons (Fsp3) is 0.448. The minimum Gasteiger partial charge on any atom is -0.355 e. The first-order chi connectivity index (χ1) is 17.2. The van der Waals surface area contributed by atoms with Crippen molar-refractivity contribution in [1.82, 2.24) is 15.2 Å². The monoisotopic (exact) mass is 470 g/mol. The van der Waals surface area contributed by atoms with Gasteiger partial charge in [0.1, 0.15) is 0 Å². The van der Waals surface area contributed by atoms with Crippen LogP contribution in [0, 0.1) is 0 Å². The van der Waals surface area contributed by atoms with Gasteiger partial charge in [-0.15, -0.1) is 0 Å². The van der Waals surface area contributed by atoms with Gasteiger partial charge in [-0.3, -0.25) is 4.79 Å². The van der Waals surface area contributed by atoms with Crippen LogP contribution in [0.4, 0.5) is 10.5 Å². The van der Waals surface area contributed by atoms with Gasteiger partial charge in [0.25, 0.3) is 5.91 Å². The fourth-order valence-electron chi connectivity index (χ4n) is 6.52. The van der Waals surface area contributed by atoms with Crippen LogP contribution in [0.15, 0.2) is 48.5 Å². The van der Waals surface area contributed by atoms with Crippen molar-refractivity contribution in [2.75, 3.05) is 18.0 Å². The number of benzene rings is 2. The van der Waals surface area contributed by atoms with E-state index in [9.17, 15) is 9.59 Å². The zero-order chi connectivity index (χ0) is 24.0. The van der Waals surface area contributed by atoms with Crippen LogP contribution in [0.2, 0.25) is 0 Å². The maximum atomic E-state index is 14.6. The normalized spacial score (nSPS) is 22.0. The molecule has 3 aromatic rings. The standard InChI is InChI=1S/C29H34N4O2/c1-2-3-18-32-25-16-10-8-14-23(25)29(27(32)34)26-22(21-13-7-9-15-24(21)31-26)17-19-33(29)28(35)30-20-11-5-4-6-12-20/h7-10,13-16,20,31H,2-6,11-12,17-19H2,1H3,(H,30,35). The molecule has 1 aliphatic carbocycles. The first-order valence-electron chi connectivity index (χ1n) is 13.3. The Morgan fingerprint density at radius 1 is 1.09 bits per heavy atom. The van der Waals surface area contributed by atoms with Crippen LogP contribution in [0.1, 0.15) is 68.7 Å². The molecule has 1 unspecified atom stereocenters. The minimum absolute atomic E-state index is 0.0153. The number of hydrogen-bond donors (Lipinski definition) is 2. The summed E-state index contributed by atoms with van der Waals surface area (Å²) < 4.78 is 0. The van der Waals surface area contributed by atoms with Gasteiger partial charge in [-0.25, -0.2) is 4.79 Å². The van der Waals surface area contributed by atoms with E-state index < -0.39 is 5.54 Å². The van der Waals surface area contributed by atoms with E-state index in [4.69, 9.17) is 0 Å². The number of rotatable bonds is 4. The van der Waals surface area contributed by atoms with Gasteiger partial charge < -0.3 is 20.1 Å². The molecule has 35 heavy (non-hydrogen) atoms. The van der Waals surface area contributed by atoms with E-state index in [0.717, 1.165) is 78.4 Å². The molecule has 1 atom stereocenters. The second kappa shape index (κ2) is 8.74. The number of fused-ring (bicyclic) bond motifs is 6. The largest absolute Gasteiger partial charge is 0.355 e. The summed E-state index contributed by atoms with van der Waals surface area (Å²) in [7, 11) is 0. The number of carbonyl (C=O) groups excluding carboxylic acids is 2. The Morgan fingerprint density at radius 2 is 1.86 bits per heavy atom. The summed E-state index contributed by atoms with van der Waals surface area (Å²) in [5.41, 5.74) is 3.70. The van der Waals surface area contributed by atoms with Crippen LogP contribution >= 0.6 is 0 Å². The van der Waals surface area contributed by atoms with Crippen molar-refractivity contribution in [2.24, 2.45) is 0 Å². The van der Waals surface area contributed by atoms with Crippen molar-refractivity contribution in [3.8, 4) is 0 Å². The first kappa shape index (κ1) is 22.2. The molecule has 2 aliphatic heterocycles. The lowest BCUT2D eigenvalue weighted by atomic mass is 9.80. The number of hydrogen-bond acceptors (Lipinski definition) is 2. The maximum Gasteiger partial charge on any atom is 0.319 e. The van der Waals surface area contributed by atoms with E-state index in [1.165, 1.54) is 6.42 Å². The van der Waals surface area contributed by atoms with Gasteiger partial charge in [-0.05, 0) is 43.4 Å². The molecule has 3 aliphatic rings. The summed E-state index contributed by atoms with van der Waals surface area (Å²) in [5, 5.41) is 4.46. The predicted molar refractivity (Wildman–Crippen MR) is 139 cm³/mol. The molecule has 0 radical (unpaired) electrons. The average Bonchev–Trinajstić information content (AvgIpc) is 3.38. The number of nitrogens with zero attached hydrogens (tertiary/aromatic N) is 2. The predicted octanol–water partition coefficient (Wildman–Crippen LogP) is 5.46. The number of para-hydroxylation sites is 2. The summed E-state index contributed by atoms with van der Waals surface area (Å²) in [4.78, 5) is 35.9. The van der Waals surface area contributed by atoms with Gasteiger partial charge in [0, 0.05) is 35.6 Å². The fourth-order valence-corrected chi connectivity index (χ4v) is 6.52. The van der Waals surface area contributed by atoms with Gasteiger partial charge in [0.15, 0.2) is 5.54 Å². The van der Waals surface area contributed by atoms with Gasteiger partial charge >= 0.3 is 6.03 Å². The lowest BCUT2D eigenvalue weighted by Gasteiger charge is -2.44. The molecular weight excluding hydrogens is 436 g/mol. The van der Waals surface area contributed by atoms with E-state index in [0.29, 0.717) is 13.1 Å². The molecule has 1 spiro atoms. The molecule has 2 N–H and O–H groups in total. The molecule has 3 heterocycles. The van der Waals surface area contributed by atoms with Crippen LogP contribution in [-0.2, 0) is 16.8 Å². The number of aromatic amines is 1. The van der Waals surface area contributed by atoms with Crippen LogP contribution in [0.5, 0.6) is 0 Å². The Labute approximate surface area is 206 Å². The van der Waals surface area contributed by atoms with Crippen molar-refractivity contribution in [2.45, 2.75) is 69.9 Å². The highest BCUT2D eigenvalue weighted by molar-refractivity contribution is 6.12. The maximum absolute atomic E-state index is 14.6. The molecule has 6 rings (SSSR count). The molecule has 6 nitrogen and oxygen atoms in total. The molecule has 3 amide bonds.